The number of nitrogens with one attached hydrogen (secondary N) is 1. The molecule has 3 amide bonds. The smallest absolute Gasteiger partial charge is 0.313 e. The van der Waals surface area contributed by atoms with Crippen molar-refractivity contribution in [2.24, 2.45) is 11.8 Å². The van der Waals surface area contributed by atoms with Gasteiger partial charge in [-0.15, -0.1) is 0 Å². The average Bonchev–Trinajstić information content (AvgIpc) is 3.50. The lowest BCUT2D eigenvalue weighted by Gasteiger charge is -2.38. The van der Waals surface area contributed by atoms with Crippen LogP contribution in [0.25, 0.3) is 10.8 Å². The number of likely N-dealkylation sites (tertiary alicyclic amines) is 1. The van der Waals surface area contributed by atoms with Crippen LogP contribution in [0.15, 0.2) is 97.1 Å². The van der Waals surface area contributed by atoms with Gasteiger partial charge in [-0.05, 0) is 48.2 Å². The standard InChI is InChI=1S/C39H41N3O7/c1-3-28(23-43)42-35-37(46)41(29-19-18-25-12-7-8-15-27(25)22-29)21-11-20-39(35)33(36(42)45)32-30(49-39)16-9-10-17-31(44)40-24(2)34(48-38(32)47)26-13-5-4-6-14-26/h4-9,11-16,18-20,22,24,28,30,32-35,43H,3,10,17,21,23H2,1-2H3,(H,40,44)/b16-9-/t24-,28+,30-,32+,33+,34+,35-,39+/m1/s1. The zero-order valence-corrected chi connectivity index (χ0v) is 27.6. The first-order chi connectivity index (χ1) is 23.8. The highest BCUT2D eigenvalue weighted by Crippen LogP contribution is 2.54. The van der Waals surface area contributed by atoms with Crippen LogP contribution in [0.1, 0.15) is 44.8 Å². The Hall–Kier alpha value is -4.80. The summed E-state index contributed by atoms with van der Waals surface area (Å²) in [6.07, 6.45) is 6.37. The zero-order chi connectivity index (χ0) is 34.3. The third-order valence-electron chi connectivity index (χ3n) is 10.4. The lowest BCUT2D eigenvalue weighted by atomic mass is 9.77. The van der Waals surface area contributed by atoms with E-state index in [-0.39, 0.29) is 31.4 Å². The van der Waals surface area contributed by atoms with Crippen molar-refractivity contribution in [3.8, 4) is 0 Å². The second-order valence-electron chi connectivity index (χ2n) is 13.3. The monoisotopic (exact) mass is 663 g/mol. The Morgan fingerprint density at radius 3 is 2.47 bits per heavy atom. The second kappa shape index (κ2) is 13.2. The topological polar surface area (TPSA) is 125 Å². The number of amides is 3. The summed E-state index contributed by atoms with van der Waals surface area (Å²) in [5.74, 6) is -3.82. The summed E-state index contributed by atoms with van der Waals surface area (Å²) in [7, 11) is 0. The quantitative estimate of drug-likeness (QED) is 0.309. The first-order valence-electron chi connectivity index (χ1n) is 17.1. The minimum Gasteiger partial charge on any atom is -0.455 e. The summed E-state index contributed by atoms with van der Waals surface area (Å²) in [5, 5.41) is 15.5. The Kier molecular flexibility index (Phi) is 8.85. The van der Waals surface area contributed by atoms with Crippen LogP contribution in [0.3, 0.4) is 0 Å². The summed E-state index contributed by atoms with van der Waals surface area (Å²) in [5.41, 5.74) is -0.150. The minimum absolute atomic E-state index is 0.180. The Balaban J connectivity index is 1.33. The Morgan fingerprint density at radius 2 is 1.71 bits per heavy atom. The van der Waals surface area contributed by atoms with Crippen molar-refractivity contribution >= 4 is 40.2 Å². The largest absolute Gasteiger partial charge is 0.455 e. The molecule has 0 radical (unpaired) electrons. The van der Waals surface area contributed by atoms with Gasteiger partial charge in [-0.3, -0.25) is 19.2 Å². The number of anilines is 1. The van der Waals surface area contributed by atoms with E-state index in [1.165, 1.54) is 4.90 Å². The zero-order valence-electron chi connectivity index (χ0n) is 27.6. The predicted molar refractivity (Wildman–Crippen MR) is 183 cm³/mol. The van der Waals surface area contributed by atoms with Gasteiger partial charge in [0.2, 0.25) is 11.8 Å². The molecule has 7 rings (SSSR count). The lowest BCUT2D eigenvalue weighted by Crippen LogP contribution is -2.58. The third kappa shape index (κ3) is 5.62. The fraction of sp³-hybridized carbons (Fsp3) is 0.385. The number of rotatable bonds is 5. The molecule has 10 heteroatoms. The number of aliphatic hydroxyl groups excluding tert-OH is 1. The molecular formula is C39H41N3O7. The molecule has 3 aromatic carbocycles. The van der Waals surface area contributed by atoms with E-state index in [2.05, 4.69) is 5.32 Å². The summed E-state index contributed by atoms with van der Waals surface area (Å²) in [6, 6.07) is 20.5. The number of esters is 1. The van der Waals surface area contributed by atoms with Crippen LogP contribution in [0.2, 0.25) is 0 Å². The van der Waals surface area contributed by atoms with Gasteiger partial charge in [0.05, 0.1) is 30.7 Å². The Morgan fingerprint density at radius 1 is 0.959 bits per heavy atom. The van der Waals surface area contributed by atoms with Crippen LogP contribution in [-0.2, 0) is 28.7 Å². The highest BCUT2D eigenvalue weighted by Gasteiger charge is 2.72. The van der Waals surface area contributed by atoms with E-state index in [4.69, 9.17) is 9.47 Å². The van der Waals surface area contributed by atoms with E-state index < -0.39 is 59.6 Å². The fourth-order valence-electron chi connectivity index (χ4n) is 8.03. The summed E-state index contributed by atoms with van der Waals surface area (Å²) in [6.45, 7) is 3.50. The van der Waals surface area contributed by atoms with E-state index in [1.807, 2.05) is 85.8 Å². The molecule has 0 bridgehead atoms. The van der Waals surface area contributed by atoms with Crippen molar-refractivity contribution in [3.05, 3.63) is 103 Å². The molecule has 10 nitrogen and oxygen atoms in total. The SMILES string of the molecule is CC[C@@H](CO)N1C(=O)[C@@H]2[C@H]3C(=O)O[C@H](c4ccccc4)[C@@H](C)NC(=O)CC/C=C\[C@H]3O[C@@]23C=CCN(c2ccc4ccccc4c2)C(=O)[C@@H]13. The molecule has 3 aromatic rings. The van der Waals surface area contributed by atoms with E-state index in [1.54, 1.807) is 30.1 Å². The molecule has 2 saturated heterocycles. The van der Waals surface area contributed by atoms with Crippen LogP contribution in [0.4, 0.5) is 5.69 Å². The fourth-order valence-corrected chi connectivity index (χ4v) is 8.03. The molecule has 0 unspecified atom stereocenters. The Bertz CT molecular complexity index is 1820. The summed E-state index contributed by atoms with van der Waals surface area (Å²) >= 11 is 0. The number of nitrogens with zero attached hydrogens (tertiary/aromatic N) is 2. The number of carbonyl (C=O) groups excluding carboxylic acids is 4. The first-order valence-corrected chi connectivity index (χ1v) is 17.1. The van der Waals surface area contributed by atoms with Gasteiger partial charge >= 0.3 is 5.97 Å². The van der Waals surface area contributed by atoms with Crippen LogP contribution >= 0.6 is 0 Å². The number of allylic oxidation sites excluding steroid dienone is 1. The minimum atomic E-state index is -1.51. The normalized spacial score (nSPS) is 31.5. The molecular weight excluding hydrogens is 622 g/mol. The van der Waals surface area contributed by atoms with Crippen LogP contribution < -0.4 is 10.2 Å². The second-order valence-corrected chi connectivity index (χ2v) is 13.3. The molecule has 8 atom stereocenters. The van der Waals surface area contributed by atoms with Gasteiger partial charge in [-0.25, -0.2) is 0 Å². The maximum absolute atomic E-state index is 14.9. The molecule has 2 N–H and O–H groups in total. The number of fused-ring (bicyclic) bond motifs is 3. The van der Waals surface area contributed by atoms with Gasteiger partial charge in [-0.1, -0.05) is 91.9 Å². The van der Waals surface area contributed by atoms with Crippen LogP contribution in [0.5, 0.6) is 0 Å². The number of cyclic esters (lactones) is 1. The van der Waals surface area contributed by atoms with Gasteiger partial charge in [0.15, 0.2) is 0 Å². The predicted octanol–water partition coefficient (Wildman–Crippen LogP) is 4.23. The number of hydrogen-bond donors (Lipinski definition) is 2. The van der Waals surface area contributed by atoms with E-state index in [0.717, 1.165) is 10.8 Å². The number of aliphatic hydroxyl groups is 1. The van der Waals surface area contributed by atoms with Crippen molar-refractivity contribution in [1.29, 1.82) is 0 Å². The van der Waals surface area contributed by atoms with Crippen molar-refractivity contribution in [2.75, 3.05) is 18.1 Å². The number of benzene rings is 3. The van der Waals surface area contributed by atoms with Gasteiger partial charge < -0.3 is 29.7 Å². The first kappa shape index (κ1) is 32.7. The highest BCUT2D eigenvalue weighted by molar-refractivity contribution is 6.06. The van der Waals surface area contributed by atoms with E-state index in [9.17, 15) is 24.3 Å². The lowest BCUT2D eigenvalue weighted by molar-refractivity contribution is -0.161. The van der Waals surface area contributed by atoms with E-state index >= 15 is 0 Å². The van der Waals surface area contributed by atoms with Gasteiger partial charge in [0.1, 0.15) is 23.7 Å². The van der Waals surface area contributed by atoms with E-state index in [0.29, 0.717) is 24.1 Å². The maximum Gasteiger partial charge on any atom is 0.313 e. The highest BCUT2D eigenvalue weighted by atomic mass is 16.6. The molecule has 254 valence electrons. The molecule has 4 heterocycles. The molecule has 4 aliphatic heterocycles. The molecule has 2 fully saturated rings. The van der Waals surface area contributed by atoms with Gasteiger partial charge in [0, 0.05) is 18.7 Å². The molecule has 1 spiro atoms. The molecule has 0 aromatic heterocycles. The molecule has 0 aliphatic carbocycles. The van der Waals surface area contributed by atoms with Gasteiger partial charge in [-0.2, -0.15) is 0 Å². The number of ether oxygens (including phenoxy) is 2. The third-order valence-corrected chi connectivity index (χ3v) is 10.4. The Labute approximate surface area is 285 Å². The van der Waals surface area contributed by atoms with Crippen LogP contribution in [0, 0.1) is 11.8 Å². The van der Waals surface area contributed by atoms with Crippen molar-refractivity contribution in [2.45, 2.75) is 69.0 Å². The molecule has 4 aliphatic rings. The summed E-state index contributed by atoms with van der Waals surface area (Å²) in [4.78, 5) is 60.0. The van der Waals surface area contributed by atoms with Crippen molar-refractivity contribution < 1.29 is 33.8 Å². The van der Waals surface area contributed by atoms with Gasteiger partial charge in [0.25, 0.3) is 5.91 Å². The van der Waals surface area contributed by atoms with Crippen LogP contribution in [-0.4, -0.2) is 76.7 Å². The van der Waals surface area contributed by atoms with Crippen molar-refractivity contribution in [3.63, 3.8) is 0 Å². The molecule has 49 heavy (non-hydrogen) atoms. The number of carbonyl (C=O) groups is 4. The number of hydrogen-bond acceptors (Lipinski definition) is 7. The molecule has 0 saturated carbocycles. The summed E-state index contributed by atoms with van der Waals surface area (Å²) < 4.78 is 13.1. The maximum atomic E-state index is 14.9. The van der Waals surface area contributed by atoms with Crippen molar-refractivity contribution in [1.82, 2.24) is 10.2 Å². The average molecular weight is 664 g/mol.